The molecule has 4 heterocycles. The molecule has 270 valence electrons. The predicted molar refractivity (Wildman–Crippen MR) is 203 cm³/mol. The summed E-state index contributed by atoms with van der Waals surface area (Å²) in [6.45, 7) is 3.67. The topological polar surface area (TPSA) is 80.6 Å². The molecule has 8 heteroatoms. The quantitative estimate of drug-likeness (QED) is 0.0514. The van der Waals surface area contributed by atoms with E-state index in [1.807, 2.05) is 59.4 Å². The van der Waals surface area contributed by atoms with Gasteiger partial charge in [-0.15, -0.1) is 0 Å². The first-order chi connectivity index (χ1) is 24.9. The summed E-state index contributed by atoms with van der Waals surface area (Å²) in [5.41, 5.74) is 6.18. The third kappa shape index (κ3) is 9.86. The Morgan fingerprint density at radius 1 is 0.510 bits per heavy atom. The molecule has 6 rings (SSSR count). The lowest BCUT2D eigenvalue weighted by molar-refractivity contribution is -0.697. The Labute approximate surface area is 304 Å². The first kappa shape index (κ1) is 36.8. The van der Waals surface area contributed by atoms with Crippen LogP contribution in [-0.4, -0.2) is 18.7 Å². The number of unbranched alkanes of at least 4 members (excludes halogenated alkanes) is 13. The maximum atomic E-state index is 11.3. The minimum absolute atomic E-state index is 0.289. The number of rotatable bonds is 19. The third-order valence-electron chi connectivity index (χ3n) is 10.1. The van der Waals surface area contributed by atoms with Crippen molar-refractivity contribution < 1.29 is 31.6 Å². The van der Waals surface area contributed by atoms with E-state index in [-0.39, 0.29) is 5.75 Å². The van der Waals surface area contributed by atoms with Crippen molar-refractivity contribution in [2.45, 2.75) is 116 Å². The number of para-hydroxylation sites is 2. The summed E-state index contributed by atoms with van der Waals surface area (Å²) < 4.78 is 49.0. The second-order valence-electron chi connectivity index (χ2n) is 14.1. The highest BCUT2D eigenvalue weighted by molar-refractivity contribution is 7.85. The summed E-state index contributed by atoms with van der Waals surface area (Å²) in [5, 5.41) is 0. The Morgan fingerprint density at radius 2 is 0.902 bits per heavy atom. The lowest BCUT2D eigenvalue weighted by Crippen LogP contribution is -2.34. The van der Waals surface area contributed by atoms with Crippen LogP contribution in [-0.2, 0) is 23.2 Å². The van der Waals surface area contributed by atoms with Crippen molar-refractivity contribution in [3.8, 4) is 23.0 Å². The van der Waals surface area contributed by atoms with Gasteiger partial charge in [-0.1, -0.05) is 120 Å². The molecule has 0 fully saturated rings. The van der Waals surface area contributed by atoms with Crippen molar-refractivity contribution in [1.29, 1.82) is 0 Å². The fourth-order valence-electron chi connectivity index (χ4n) is 7.39. The van der Waals surface area contributed by atoms with Crippen LogP contribution in [0.15, 0.2) is 85.5 Å². The SMILES string of the molecule is CCCCCCCCCCCCCCCC[n+]1ccc2c(c1)Oc1ccccc1/C2=C1/c2ccccc2Oc2c[n+](CCCS(=O)(=O)O)ccc21. The zero-order valence-electron chi connectivity index (χ0n) is 30.2. The molecule has 4 aromatic rings. The van der Waals surface area contributed by atoms with E-state index in [2.05, 4.69) is 42.1 Å². The lowest BCUT2D eigenvalue weighted by atomic mass is 9.83. The first-order valence-electron chi connectivity index (χ1n) is 19.2. The Kier molecular flexibility index (Phi) is 13.0. The molecular formula is C43H54N2O5S+2. The van der Waals surface area contributed by atoms with E-state index in [1.165, 1.54) is 83.5 Å². The molecule has 1 N–H and O–H groups in total. The molecule has 0 spiro atoms. The highest BCUT2D eigenvalue weighted by Crippen LogP contribution is 2.52. The molecule has 0 unspecified atom stereocenters. The standard InChI is InChI=1S/C43H53N2O5S/c1-2-3-4-5-6-7-8-9-10-11-12-13-14-19-27-44-29-25-36-40(32-44)49-38-23-17-15-21-34(38)42(36)43-35-22-16-18-24-39(35)50-41-33-45(30-26-37(41)43)28-20-31-51(46,47)48/h15-18,21-26,29-30,32-33H,2-14,19-20,27-28,31H2,1H3/q+1/p+1/b43-42+. The van der Waals surface area contributed by atoms with E-state index >= 15 is 0 Å². The van der Waals surface area contributed by atoms with Crippen LogP contribution in [0.2, 0.25) is 0 Å². The molecule has 2 aliphatic heterocycles. The van der Waals surface area contributed by atoms with E-state index in [0.29, 0.717) is 18.7 Å². The first-order valence-corrected chi connectivity index (χ1v) is 20.8. The maximum absolute atomic E-state index is 11.3. The zero-order valence-corrected chi connectivity index (χ0v) is 31.0. The van der Waals surface area contributed by atoms with E-state index in [1.54, 1.807) is 0 Å². The Balaban J connectivity index is 1.15. The molecular weight excluding hydrogens is 657 g/mol. The van der Waals surface area contributed by atoms with Gasteiger partial charge < -0.3 is 9.47 Å². The van der Waals surface area contributed by atoms with Gasteiger partial charge in [-0.05, 0) is 18.6 Å². The van der Waals surface area contributed by atoms with Gasteiger partial charge >= 0.3 is 0 Å². The van der Waals surface area contributed by atoms with Gasteiger partial charge in [-0.3, -0.25) is 4.55 Å². The van der Waals surface area contributed by atoms with Gasteiger partial charge in [0.15, 0.2) is 23.9 Å². The monoisotopic (exact) mass is 710 g/mol. The average Bonchev–Trinajstić information content (AvgIpc) is 3.12. The highest BCUT2D eigenvalue weighted by atomic mass is 32.2. The summed E-state index contributed by atoms with van der Waals surface area (Å²) in [4.78, 5) is 0. The summed E-state index contributed by atoms with van der Waals surface area (Å²) in [6.07, 6.45) is 27.4. The van der Waals surface area contributed by atoms with E-state index in [4.69, 9.17) is 9.47 Å². The molecule has 0 atom stereocenters. The fraction of sp³-hybridized carbons (Fsp3) is 0.442. The van der Waals surface area contributed by atoms with Crippen LogP contribution >= 0.6 is 0 Å². The Morgan fingerprint density at radius 3 is 1.35 bits per heavy atom. The summed E-state index contributed by atoms with van der Waals surface area (Å²) in [5.74, 6) is 2.83. The molecule has 2 aromatic heterocycles. The minimum Gasteiger partial charge on any atom is -0.450 e. The van der Waals surface area contributed by atoms with Crippen LogP contribution in [0, 0.1) is 0 Å². The van der Waals surface area contributed by atoms with Crippen LogP contribution < -0.4 is 18.6 Å². The molecule has 7 nitrogen and oxygen atoms in total. The highest BCUT2D eigenvalue weighted by Gasteiger charge is 2.33. The molecule has 2 aliphatic rings. The van der Waals surface area contributed by atoms with Crippen LogP contribution in [0.25, 0.3) is 11.1 Å². The lowest BCUT2D eigenvalue weighted by Gasteiger charge is -2.28. The minimum atomic E-state index is -4.02. The van der Waals surface area contributed by atoms with Crippen molar-refractivity contribution in [1.82, 2.24) is 0 Å². The molecule has 0 aliphatic carbocycles. The van der Waals surface area contributed by atoms with Gasteiger partial charge in [-0.2, -0.15) is 8.42 Å². The predicted octanol–water partition coefficient (Wildman–Crippen LogP) is 10.2. The van der Waals surface area contributed by atoms with Crippen LogP contribution in [0.3, 0.4) is 0 Å². The van der Waals surface area contributed by atoms with Gasteiger partial charge in [0.2, 0.25) is 12.4 Å². The molecule has 0 saturated carbocycles. The molecule has 0 radical (unpaired) electrons. The summed E-state index contributed by atoms with van der Waals surface area (Å²) >= 11 is 0. The van der Waals surface area contributed by atoms with Gasteiger partial charge in [0.25, 0.3) is 10.1 Å². The average molecular weight is 711 g/mol. The van der Waals surface area contributed by atoms with Crippen molar-refractivity contribution >= 4 is 21.3 Å². The van der Waals surface area contributed by atoms with Crippen molar-refractivity contribution in [2.75, 3.05) is 5.75 Å². The van der Waals surface area contributed by atoms with Crippen LogP contribution in [0.1, 0.15) is 125 Å². The van der Waals surface area contributed by atoms with Gasteiger partial charge in [0.1, 0.15) is 24.6 Å². The number of hydrogen-bond acceptors (Lipinski definition) is 4. The van der Waals surface area contributed by atoms with E-state index in [9.17, 15) is 13.0 Å². The van der Waals surface area contributed by atoms with Crippen molar-refractivity contribution in [3.63, 3.8) is 0 Å². The Bertz CT molecular complexity index is 1920. The molecule has 51 heavy (non-hydrogen) atoms. The molecule has 2 aromatic carbocycles. The summed E-state index contributed by atoms with van der Waals surface area (Å²) in [6, 6.07) is 20.5. The number of ether oxygens (including phenoxy) is 2. The van der Waals surface area contributed by atoms with Gasteiger partial charge in [0, 0.05) is 58.4 Å². The molecule has 0 saturated heterocycles. The second-order valence-corrected chi connectivity index (χ2v) is 15.7. The van der Waals surface area contributed by atoms with Crippen molar-refractivity contribution in [3.05, 3.63) is 108 Å². The number of aromatic nitrogens is 2. The maximum Gasteiger partial charge on any atom is 0.265 e. The third-order valence-corrected chi connectivity index (χ3v) is 10.9. The number of nitrogens with zero attached hydrogens (tertiary/aromatic N) is 2. The van der Waals surface area contributed by atoms with E-state index in [0.717, 1.165) is 63.6 Å². The number of pyridine rings is 2. The van der Waals surface area contributed by atoms with Gasteiger partial charge in [0.05, 0.1) is 5.75 Å². The number of aryl methyl sites for hydroxylation is 2. The van der Waals surface area contributed by atoms with Crippen LogP contribution in [0.4, 0.5) is 0 Å². The Hall–Kier alpha value is -4.01. The fourth-order valence-corrected chi connectivity index (χ4v) is 7.89. The van der Waals surface area contributed by atoms with E-state index < -0.39 is 10.1 Å². The molecule has 0 amide bonds. The number of hydrogen-bond donors (Lipinski definition) is 1. The summed E-state index contributed by atoms with van der Waals surface area (Å²) in [7, 11) is -4.02. The smallest absolute Gasteiger partial charge is 0.265 e. The van der Waals surface area contributed by atoms with Crippen molar-refractivity contribution in [2.24, 2.45) is 0 Å². The number of benzene rings is 2. The largest absolute Gasteiger partial charge is 0.450 e. The van der Waals surface area contributed by atoms with Gasteiger partial charge in [-0.25, -0.2) is 9.13 Å². The normalized spacial score (nSPS) is 14.5. The van der Waals surface area contributed by atoms with Crippen LogP contribution in [0.5, 0.6) is 23.0 Å². The second kappa shape index (κ2) is 18.0. The number of fused-ring (bicyclic) bond motifs is 4. The molecule has 0 bridgehead atoms. The zero-order chi connectivity index (χ0) is 35.5.